The van der Waals surface area contributed by atoms with Crippen molar-refractivity contribution in [3.8, 4) is 39.2 Å². The first-order valence-corrected chi connectivity index (χ1v) is 18.2. The number of hydrogen-bond acceptors (Lipinski definition) is 5. The molecule has 0 aliphatic carbocycles. The summed E-state index contributed by atoms with van der Waals surface area (Å²) in [6.45, 7) is 0. The Hall–Kier alpha value is -7.54. The Bertz CT molecular complexity index is 5270. The molecule has 13 aromatic rings. The molecule has 6 heteroatoms. The Labute approximate surface area is 369 Å². The van der Waals surface area contributed by atoms with Gasteiger partial charge in [0.05, 0.1) is 50.7 Å². The van der Waals surface area contributed by atoms with Crippen LogP contribution in [0.5, 0.6) is 0 Å². The Kier molecular flexibility index (Phi) is 3.33. The maximum absolute atomic E-state index is 9.66. The molecule has 0 spiro atoms. The van der Waals surface area contributed by atoms with E-state index >= 15 is 0 Å². The van der Waals surface area contributed by atoms with Gasteiger partial charge in [0.1, 0.15) is 34.3 Å². The summed E-state index contributed by atoms with van der Waals surface area (Å²) >= 11 is 0.758. The molecule has 270 valence electrons. The molecule has 13 rings (SSSR count). The summed E-state index contributed by atoms with van der Waals surface area (Å²) in [7, 11) is 0. The van der Waals surface area contributed by atoms with Crippen molar-refractivity contribution in [1.82, 2.24) is 14.5 Å². The number of hydrogen-bond donors (Lipinski definition) is 0. The summed E-state index contributed by atoms with van der Waals surface area (Å²) < 4.78 is 237. The molecule has 0 bridgehead atoms. The number of nitrogens with zero attached hydrogens (tertiary/aromatic N) is 3. The lowest BCUT2D eigenvalue weighted by atomic mass is 9.99. The highest BCUT2D eigenvalue weighted by molar-refractivity contribution is 7.26. The predicted octanol–water partition coefficient (Wildman–Crippen LogP) is 14.7. The molecule has 0 saturated heterocycles. The van der Waals surface area contributed by atoms with Gasteiger partial charge in [-0.25, -0.2) is 9.97 Å². The van der Waals surface area contributed by atoms with Gasteiger partial charge in [-0.3, -0.25) is 0 Å². The molecule has 8 aromatic carbocycles. The van der Waals surface area contributed by atoms with Crippen molar-refractivity contribution < 1.29 is 43.1 Å². The van der Waals surface area contributed by atoms with Crippen LogP contribution in [0.1, 0.15) is 34.3 Å². The van der Waals surface area contributed by atoms with Crippen LogP contribution < -0.4 is 0 Å². The van der Waals surface area contributed by atoms with Crippen LogP contribution in [0.3, 0.4) is 0 Å². The third kappa shape index (κ3) is 4.46. The van der Waals surface area contributed by atoms with Gasteiger partial charge in [0.15, 0.2) is 5.58 Å². The maximum atomic E-state index is 9.66. The zero-order valence-electron chi connectivity index (χ0n) is 53.9. The van der Waals surface area contributed by atoms with Gasteiger partial charge in [-0.15, -0.1) is 11.3 Å². The third-order valence-corrected chi connectivity index (χ3v) is 11.1. The highest BCUT2D eigenvalue weighted by Gasteiger charge is 2.22. The van der Waals surface area contributed by atoms with E-state index in [2.05, 4.69) is 9.97 Å². The first-order valence-electron chi connectivity index (χ1n) is 29.8. The highest BCUT2D eigenvalue weighted by Crippen LogP contribution is 2.45. The second-order valence-corrected chi connectivity index (χ2v) is 14.0. The van der Waals surface area contributed by atoms with E-state index in [0.29, 0.717) is 0 Å². The van der Waals surface area contributed by atoms with Crippen LogP contribution in [0.25, 0.3) is 125 Å². The van der Waals surface area contributed by atoms with Gasteiger partial charge in [-0.1, -0.05) is 115 Å². The van der Waals surface area contributed by atoms with Crippen LogP contribution in [0.4, 0.5) is 0 Å². The minimum absolute atomic E-state index is 0.0165. The van der Waals surface area contributed by atoms with E-state index in [0.717, 1.165) is 22.2 Å². The van der Waals surface area contributed by atoms with E-state index in [4.69, 9.17) is 36.2 Å². The van der Waals surface area contributed by atoms with Gasteiger partial charge < -0.3 is 13.4 Å². The molecule has 0 aliphatic rings. The lowest BCUT2D eigenvalue weighted by molar-refractivity contribution is 0.667. The molecule has 0 amide bonds. The van der Waals surface area contributed by atoms with Crippen LogP contribution >= 0.6 is 11.3 Å². The quantitative estimate of drug-likeness (QED) is 0.178. The molecule has 0 radical (unpaired) electrons. The van der Waals surface area contributed by atoms with Crippen LogP contribution in [0.2, 0.25) is 0 Å². The monoisotopic (exact) mass is 784 g/mol. The number of para-hydroxylation sites is 3. The second kappa shape index (κ2) is 12.0. The molecule has 0 fully saturated rings. The number of furan rings is 2. The number of benzene rings is 8. The predicted molar refractivity (Wildman–Crippen MR) is 240 cm³/mol. The maximum Gasteiger partial charge on any atom is 0.180 e. The first-order chi connectivity index (χ1) is 39.2. The summed E-state index contributed by atoms with van der Waals surface area (Å²) in [5.74, 6) is 0. The van der Waals surface area contributed by atoms with E-state index in [1.54, 1.807) is 0 Å². The molecule has 5 nitrogen and oxygen atoms in total. The fourth-order valence-electron chi connectivity index (χ4n) is 7.48. The molecule has 0 N–H and O–H groups in total. The van der Waals surface area contributed by atoms with Gasteiger partial charge in [0, 0.05) is 58.5 Å². The average Bonchev–Trinajstić information content (AvgIpc) is 2.93. The van der Waals surface area contributed by atoms with Gasteiger partial charge in [-0.05, 0) is 71.1 Å². The molecule has 0 atom stereocenters. The summed E-state index contributed by atoms with van der Waals surface area (Å²) in [5.41, 5.74) is -3.59. The second-order valence-electron chi connectivity index (χ2n) is 13.0. The van der Waals surface area contributed by atoms with Crippen molar-refractivity contribution in [1.29, 1.82) is 0 Å². The number of thiophene rings is 1. The lowest BCUT2D eigenvalue weighted by Crippen LogP contribution is -1.92. The number of rotatable bonds is 4. The lowest BCUT2D eigenvalue weighted by Gasteiger charge is -2.07. The highest BCUT2D eigenvalue weighted by atomic mass is 32.1. The Morgan fingerprint density at radius 1 is 0.517 bits per heavy atom. The van der Waals surface area contributed by atoms with Crippen molar-refractivity contribution in [3.05, 3.63) is 176 Å². The molecule has 0 unspecified atom stereocenters. The average molecular weight is 785 g/mol. The van der Waals surface area contributed by atoms with Crippen LogP contribution in [0, 0.1) is 0 Å². The number of fused-ring (bicyclic) bond motifs is 13. The summed E-state index contributed by atoms with van der Waals surface area (Å²) in [5, 5.41) is -1.21. The molecule has 0 aliphatic heterocycles. The smallest absolute Gasteiger partial charge is 0.180 e. The zero-order valence-corrected chi connectivity index (χ0v) is 29.7. The summed E-state index contributed by atoms with van der Waals surface area (Å²) in [6, 6.07) is -12.7. The molecular formula is C52H29N3O2S. The van der Waals surface area contributed by atoms with Crippen molar-refractivity contribution in [2.24, 2.45) is 0 Å². The fraction of sp³-hybridized carbons (Fsp3) is 0. The van der Waals surface area contributed by atoms with E-state index in [1.165, 1.54) is 18.2 Å². The van der Waals surface area contributed by atoms with Crippen LogP contribution in [0.15, 0.2) is 184 Å². The zero-order chi connectivity index (χ0) is 59.7. The third-order valence-electron chi connectivity index (χ3n) is 9.94. The summed E-state index contributed by atoms with van der Waals surface area (Å²) in [6.07, 6.45) is 1.06. The minimum Gasteiger partial charge on any atom is -0.455 e. The standard InChI is InChI=1S/C52H29N3O2S/c1-2-13-33(14-3-1)55-42-21-6-4-16-40(42)46-43(55)25-24-38-37-19-9-17-34(49(37)57-50(38)46)31-23-26-44-41(28-31)48-51(56-44)47(53-29-54-48)32-12-8-11-30(27-32)35-18-10-20-39-36-15-5-7-22-45(36)58-52(35)39/h1-29H/i1D,2D,3D,4D,5D,6D,7D,8D,9D,10D,11D,12D,13D,14D,15D,16D,17D,18D,19D,20D,21D,22D,24D,25D,27D. The summed E-state index contributed by atoms with van der Waals surface area (Å²) in [4.78, 5) is 8.85. The van der Waals surface area contributed by atoms with Crippen molar-refractivity contribution in [2.45, 2.75) is 0 Å². The van der Waals surface area contributed by atoms with Gasteiger partial charge in [0.2, 0.25) is 0 Å². The molecule has 0 saturated carbocycles. The van der Waals surface area contributed by atoms with Gasteiger partial charge in [-0.2, -0.15) is 0 Å². The van der Waals surface area contributed by atoms with Crippen molar-refractivity contribution in [2.75, 3.05) is 0 Å². The Morgan fingerprint density at radius 2 is 1.28 bits per heavy atom. The van der Waals surface area contributed by atoms with Crippen LogP contribution in [-0.4, -0.2) is 14.5 Å². The number of aromatic nitrogens is 3. The normalized spacial score (nSPS) is 18.2. The molecular weight excluding hydrogens is 731 g/mol. The van der Waals surface area contributed by atoms with Crippen molar-refractivity contribution >= 4 is 97.3 Å². The Balaban J connectivity index is 1.07. The minimum atomic E-state index is -0.807. The van der Waals surface area contributed by atoms with Crippen LogP contribution in [-0.2, 0) is 0 Å². The van der Waals surface area contributed by atoms with E-state index in [9.17, 15) is 6.85 Å². The molecule has 58 heavy (non-hydrogen) atoms. The molecule has 5 aromatic heterocycles. The van der Waals surface area contributed by atoms with E-state index in [-0.39, 0.29) is 97.3 Å². The molecule has 5 heterocycles. The van der Waals surface area contributed by atoms with Gasteiger partial charge >= 0.3 is 0 Å². The van der Waals surface area contributed by atoms with E-state index < -0.39 is 179 Å². The van der Waals surface area contributed by atoms with E-state index in [1.807, 2.05) is 0 Å². The largest absolute Gasteiger partial charge is 0.455 e. The van der Waals surface area contributed by atoms with Gasteiger partial charge in [0.25, 0.3) is 0 Å². The topological polar surface area (TPSA) is 57.0 Å². The fourth-order valence-corrected chi connectivity index (χ4v) is 8.55. The Morgan fingerprint density at radius 3 is 2.21 bits per heavy atom. The van der Waals surface area contributed by atoms with Crippen molar-refractivity contribution in [3.63, 3.8) is 0 Å². The first kappa shape index (κ1) is 16.1. The SMILES string of the molecule is [2H]c1c([2H])c([2H])c(-n2c3c([2H])c([2H])c([2H])c([2H])c3c3c4oc5c(-c6ccc7oc8c(-c9c([2H])c([2H])c([2H])c(-c%10c([2H])c([2H])c([2H])c%11c%10sc%10c([2H])c([2H])c([2H])c([2H])c%10%11)c9[2H])ncnc8c7c6)c([2H])c([2H])c([2H])c5c4c([2H])c([2H])c32)c([2H])c1[2H].